The van der Waals surface area contributed by atoms with Crippen LogP contribution in [0.25, 0.3) is 0 Å². The van der Waals surface area contributed by atoms with E-state index in [1.54, 1.807) is 12.1 Å². The summed E-state index contributed by atoms with van der Waals surface area (Å²) in [5.41, 5.74) is 7.05. The third-order valence-electron chi connectivity index (χ3n) is 2.85. The number of anilines is 1. The van der Waals surface area contributed by atoms with E-state index in [2.05, 4.69) is 6.92 Å². The molecule has 0 heterocycles. The number of benzene rings is 1. The highest BCUT2D eigenvalue weighted by Crippen LogP contribution is 2.28. The molecule has 4 heteroatoms. The highest BCUT2D eigenvalue weighted by Gasteiger charge is 2.32. The highest BCUT2D eigenvalue weighted by atomic mass is 35.5. The Morgan fingerprint density at radius 3 is 2.71 bits per heavy atom. The molecule has 1 fully saturated rings. The van der Waals surface area contributed by atoms with Crippen LogP contribution in [-0.2, 0) is 0 Å². The number of nitrogens with two attached hydrogens (primary N) is 1. The van der Waals surface area contributed by atoms with E-state index in [0.717, 1.165) is 25.8 Å². The third-order valence-corrected chi connectivity index (χ3v) is 2.85. The van der Waals surface area contributed by atoms with Gasteiger partial charge >= 0.3 is 0 Å². The summed E-state index contributed by atoms with van der Waals surface area (Å²) in [6.45, 7) is 2.94. The second kappa shape index (κ2) is 5.92. The maximum absolute atomic E-state index is 12.2. The molecule has 94 valence electrons. The van der Waals surface area contributed by atoms with Gasteiger partial charge in [-0.2, -0.15) is 0 Å². The van der Waals surface area contributed by atoms with Crippen LogP contribution in [0.15, 0.2) is 24.3 Å². The minimum atomic E-state index is 0. The summed E-state index contributed by atoms with van der Waals surface area (Å²) in [5, 5.41) is 0. The fourth-order valence-electron chi connectivity index (χ4n) is 1.91. The van der Waals surface area contributed by atoms with Crippen LogP contribution in [0.1, 0.15) is 36.5 Å². The largest absolute Gasteiger partial charge is 0.399 e. The van der Waals surface area contributed by atoms with Crippen molar-refractivity contribution < 1.29 is 4.79 Å². The first-order valence-corrected chi connectivity index (χ1v) is 5.89. The van der Waals surface area contributed by atoms with E-state index in [1.165, 1.54) is 0 Å². The first kappa shape index (κ1) is 13.8. The van der Waals surface area contributed by atoms with Crippen LogP contribution in [0.5, 0.6) is 0 Å². The van der Waals surface area contributed by atoms with Crippen molar-refractivity contribution in [3.8, 4) is 0 Å². The van der Waals surface area contributed by atoms with Gasteiger partial charge in [-0.3, -0.25) is 4.79 Å². The Bertz CT molecular complexity index is 391. The summed E-state index contributed by atoms with van der Waals surface area (Å²) in [6, 6.07) is 7.70. The molecule has 0 aromatic heterocycles. The van der Waals surface area contributed by atoms with Crippen molar-refractivity contribution in [2.24, 2.45) is 0 Å². The van der Waals surface area contributed by atoms with Crippen LogP contribution in [0.2, 0.25) is 0 Å². The molecule has 2 N–H and O–H groups in total. The quantitative estimate of drug-likeness (QED) is 0.840. The summed E-state index contributed by atoms with van der Waals surface area (Å²) >= 11 is 0. The van der Waals surface area contributed by atoms with Gasteiger partial charge in [0.15, 0.2) is 0 Å². The van der Waals surface area contributed by atoms with E-state index in [4.69, 9.17) is 5.73 Å². The molecule has 0 saturated heterocycles. The number of hydrogen-bond donors (Lipinski definition) is 1. The smallest absolute Gasteiger partial charge is 0.254 e. The van der Waals surface area contributed by atoms with Crippen molar-refractivity contribution in [3.05, 3.63) is 29.8 Å². The molecule has 0 spiro atoms. The van der Waals surface area contributed by atoms with E-state index >= 15 is 0 Å². The number of carbonyl (C=O) groups excluding carboxylic acids is 1. The van der Waals surface area contributed by atoms with Crippen LogP contribution < -0.4 is 5.73 Å². The average Bonchev–Trinajstić information content (AvgIpc) is 3.09. The third kappa shape index (κ3) is 3.37. The molecule has 0 radical (unpaired) electrons. The summed E-state index contributed by atoms with van der Waals surface area (Å²) in [7, 11) is 0. The molecule has 0 atom stereocenters. The standard InChI is InChI=1S/C13H18N2O.ClH/c1-2-8-15(12-6-7-12)13(16)10-4-3-5-11(14)9-10;/h3-5,9,12H,2,6-8,14H2,1H3;1H. The van der Waals surface area contributed by atoms with Gasteiger partial charge in [-0.1, -0.05) is 13.0 Å². The maximum Gasteiger partial charge on any atom is 0.254 e. The molecule has 1 aliphatic rings. The molecule has 0 unspecified atom stereocenters. The van der Waals surface area contributed by atoms with Crippen LogP contribution in [0.3, 0.4) is 0 Å². The van der Waals surface area contributed by atoms with Crippen molar-refractivity contribution in [1.82, 2.24) is 4.90 Å². The molecular formula is C13H19ClN2O. The minimum absolute atomic E-state index is 0. The second-order valence-electron chi connectivity index (χ2n) is 4.36. The van der Waals surface area contributed by atoms with Crippen molar-refractivity contribution in [2.45, 2.75) is 32.2 Å². The normalized spacial score (nSPS) is 13.9. The Morgan fingerprint density at radius 2 is 2.18 bits per heavy atom. The maximum atomic E-state index is 12.2. The monoisotopic (exact) mass is 254 g/mol. The first-order valence-electron chi connectivity index (χ1n) is 5.89. The number of nitrogen functional groups attached to an aromatic ring is 1. The van der Waals surface area contributed by atoms with Gasteiger partial charge in [0.1, 0.15) is 0 Å². The molecule has 1 aromatic carbocycles. The molecular weight excluding hydrogens is 236 g/mol. The van der Waals surface area contributed by atoms with E-state index in [-0.39, 0.29) is 18.3 Å². The molecule has 1 aliphatic carbocycles. The molecule has 0 aliphatic heterocycles. The summed E-state index contributed by atoms with van der Waals surface area (Å²) in [4.78, 5) is 14.2. The van der Waals surface area contributed by atoms with Crippen LogP contribution >= 0.6 is 12.4 Å². The van der Waals surface area contributed by atoms with E-state index in [0.29, 0.717) is 17.3 Å². The number of amides is 1. The Labute approximate surface area is 108 Å². The Kier molecular flexibility index (Phi) is 4.82. The van der Waals surface area contributed by atoms with Gasteiger partial charge < -0.3 is 10.6 Å². The van der Waals surface area contributed by atoms with Gasteiger partial charge in [0.2, 0.25) is 0 Å². The highest BCUT2D eigenvalue weighted by molar-refractivity contribution is 5.95. The Balaban J connectivity index is 0.00000144. The SMILES string of the molecule is CCCN(C(=O)c1cccc(N)c1)C1CC1.Cl. The van der Waals surface area contributed by atoms with Crippen molar-refractivity contribution in [2.75, 3.05) is 12.3 Å². The molecule has 1 saturated carbocycles. The lowest BCUT2D eigenvalue weighted by molar-refractivity contribution is 0.0743. The molecule has 0 bridgehead atoms. The van der Waals surface area contributed by atoms with Crippen LogP contribution in [0, 0.1) is 0 Å². The average molecular weight is 255 g/mol. The topological polar surface area (TPSA) is 46.3 Å². The number of carbonyl (C=O) groups is 1. The summed E-state index contributed by atoms with van der Waals surface area (Å²) < 4.78 is 0. The molecule has 2 rings (SSSR count). The van der Waals surface area contributed by atoms with Gasteiger partial charge in [-0.25, -0.2) is 0 Å². The zero-order valence-corrected chi connectivity index (χ0v) is 10.9. The van der Waals surface area contributed by atoms with Crippen molar-refractivity contribution >= 4 is 24.0 Å². The van der Waals surface area contributed by atoms with Crippen LogP contribution in [-0.4, -0.2) is 23.4 Å². The lowest BCUT2D eigenvalue weighted by Gasteiger charge is -2.21. The van der Waals surface area contributed by atoms with Gasteiger partial charge in [0.05, 0.1) is 0 Å². The first-order chi connectivity index (χ1) is 7.72. The summed E-state index contributed by atoms with van der Waals surface area (Å²) in [5.74, 6) is 0.122. The molecule has 1 amide bonds. The molecule has 17 heavy (non-hydrogen) atoms. The predicted octanol–water partition coefficient (Wildman–Crippen LogP) is 2.71. The minimum Gasteiger partial charge on any atom is -0.399 e. The fraction of sp³-hybridized carbons (Fsp3) is 0.462. The van der Waals surface area contributed by atoms with Gasteiger partial charge in [-0.15, -0.1) is 12.4 Å². The molecule has 1 aromatic rings. The van der Waals surface area contributed by atoms with E-state index in [1.807, 2.05) is 17.0 Å². The van der Waals surface area contributed by atoms with Crippen molar-refractivity contribution in [1.29, 1.82) is 0 Å². The number of halogens is 1. The predicted molar refractivity (Wildman–Crippen MR) is 72.5 cm³/mol. The second-order valence-corrected chi connectivity index (χ2v) is 4.36. The molecule has 3 nitrogen and oxygen atoms in total. The van der Waals surface area contributed by atoms with Crippen LogP contribution in [0.4, 0.5) is 5.69 Å². The number of nitrogens with zero attached hydrogens (tertiary/aromatic N) is 1. The Morgan fingerprint density at radius 1 is 1.47 bits per heavy atom. The van der Waals surface area contributed by atoms with Gasteiger partial charge in [0.25, 0.3) is 5.91 Å². The Hall–Kier alpha value is -1.22. The number of hydrogen-bond acceptors (Lipinski definition) is 2. The van der Waals surface area contributed by atoms with E-state index < -0.39 is 0 Å². The van der Waals surface area contributed by atoms with E-state index in [9.17, 15) is 4.79 Å². The zero-order valence-electron chi connectivity index (χ0n) is 10.1. The van der Waals surface area contributed by atoms with Gasteiger partial charge in [-0.05, 0) is 37.5 Å². The lowest BCUT2D eigenvalue weighted by Crippen LogP contribution is -2.33. The van der Waals surface area contributed by atoms with Crippen molar-refractivity contribution in [3.63, 3.8) is 0 Å². The van der Waals surface area contributed by atoms with Gasteiger partial charge in [0, 0.05) is 23.8 Å². The lowest BCUT2D eigenvalue weighted by atomic mass is 10.1. The zero-order chi connectivity index (χ0) is 11.5. The summed E-state index contributed by atoms with van der Waals surface area (Å²) in [6.07, 6.45) is 3.30. The fourth-order valence-corrected chi connectivity index (χ4v) is 1.91. The number of rotatable bonds is 4.